The number of nitrogens with two attached hydrogens (primary N) is 2. The van der Waals surface area contributed by atoms with Crippen molar-refractivity contribution in [1.29, 1.82) is 0 Å². The lowest BCUT2D eigenvalue weighted by Crippen LogP contribution is -2.39. The zero-order chi connectivity index (χ0) is 20.5. The molecule has 0 radical (unpaired) electrons. The van der Waals surface area contributed by atoms with Gasteiger partial charge in [0.1, 0.15) is 5.69 Å². The number of urea groups is 1. The molecule has 4 rings (SSSR count). The number of fused-ring (bicyclic) bond motifs is 1. The van der Waals surface area contributed by atoms with Gasteiger partial charge in [0, 0.05) is 38.4 Å². The molecular weight excluding hydrogens is 368 g/mol. The monoisotopic (exact) mass is 390 g/mol. The van der Waals surface area contributed by atoms with Crippen molar-refractivity contribution in [3.63, 3.8) is 0 Å². The second kappa shape index (κ2) is 7.31. The first-order valence-electron chi connectivity index (χ1n) is 9.28. The van der Waals surface area contributed by atoms with E-state index in [9.17, 15) is 9.59 Å². The van der Waals surface area contributed by atoms with Gasteiger partial charge in [-0.2, -0.15) is 0 Å². The molecule has 2 aromatic heterocycles. The highest BCUT2D eigenvalue weighted by molar-refractivity contribution is 6.11. The lowest BCUT2D eigenvalue weighted by molar-refractivity contribution is 0.0991. The molecule has 1 aliphatic heterocycles. The number of carbonyl (C=O) groups excluding carboxylic acids is 2. The highest BCUT2D eigenvalue weighted by Gasteiger charge is 2.29. The number of aromatic nitrogens is 2. The number of hydrogen-bond donors (Lipinski definition) is 2. The number of carbonyl (C=O) groups is 2. The Balaban J connectivity index is 1.79. The smallest absolute Gasteiger partial charge is 0.315 e. The third-order valence-corrected chi connectivity index (χ3v) is 5.24. The summed E-state index contributed by atoms with van der Waals surface area (Å²) < 4.78 is 1.89. The average Bonchev–Trinajstić information content (AvgIpc) is 3.06. The number of amides is 3. The zero-order valence-corrected chi connectivity index (χ0v) is 16.1. The molecule has 0 atom stereocenters. The van der Waals surface area contributed by atoms with Gasteiger partial charge in [-0.1, -0.05) is 12.1 Å². The van der Waals surface area contributed by atoms with E-state index < -0.39 is 6.03 Å². The van der Waals surface area contributed by atoms with E-state index in [4.69, 9.17) is 11.5 Å². The molecule has 4 N–H and O–H groups in total. The van der Waals surface area contributed by atoms with Crippen LogP contribution in [-0.4, -0.2) is 32.9 Å². The molecule has 0 fully saturated rings. The zero-order valence-electron chi connectivity index (χ0n) is 16.1. The maximum atomic E-state index is 13.7. The van der Waals surface area contributed by atoms with E-state index in [1.807, 2.05) is 35.9 Å². The predicted molar refractivity (Wildman–Crippen MR) is 111 cm³/mol. The van der Waals surface area contributed by atoms with Gasteiger partial charge in [-0.3, -0.25) is 14.7 Å². The molecule has 1 aromatic carbocycles. The Labute approximate surface area is 168 Å². The summed E-state index contributed by atoms with van der Waals surface area (Å²) in [7, 11) is 1.86. The van der Waals surface area contributed by atoms with Crippen LogP contribution in [0.2, 0.25) is 0 Å². The minimum atomic E-state index is -0.457. The highest BCUT2D eigenvalue weighted by Crippen LogP contribution is 2.33. The van der Waals surface area contributed by atoms with Crippen LogP contribution in [0.4, 0.5) is 21.9 Å². The number of hydrogen-bond acceptors (Lipinski definition) is 4. The van der Waals surface area contributed by atoms with Gasteiger partial charge in [0.05, 0.1) is 23.3 Å². The van der Waals surface area contributed by atoms with Gasteiger partial charge in [0.2, 0.25) is 0 Å². The Morgan fingerprint density at radius 1 is 1.17 bits per heavy atom. The summed E-state index contributed by atoms with van der Waals surface area (Å²) in [5, 5.41) is 0. The summed E-state index contributed by atoms with van der Waals surface area (Å²) in [6.45, 7) is 0.928. The highest BCUT2D eigenvalue weighted by atomic mass is 16.2. The first-order valence-corrected chi connectivity index (χ1v) is 9.28. The lowest BCUT2D eigenvalue weighted by atomic mass is 10.1. The van der Waals surface area contributed by atoms with Crippen molar-refractivity contribution in [2.24, 2.45) is 12.8 Å². The van der Waals surface area contributed by atoms with Crippen LogP contribution in [0.3, 0.4) is 0 Å². The second-order valence-corrected chi connectivity index (χ2v) is 6.98. The van der Waals surface area contributed by atoms with Crippen LogP contribution in [0.1, 0.15) is 21.7 Å². The van der Waals surface area contributed by atoms with Crippen LogP contribution in [0, 0.1) is 0 Å². The van der Waals surface area contributed by atoms with Crippen LogP contribution < -0.4 is 16.4 Å². The Kier molecular flexibility index (Phi) is 4.67. The van der Waals surface area contributed by atoms with Crippen molar-refractivity contribution in [3.05, 3.63) is 71.8 Å². The molecule has 0 bridgehead atoms. The number of primary amides is 1. The standard InChI is InChI=1S/C21H22N6O2/c1-25-17-8-10-26(21(23)29)13-14(17)11-19(25)20(28)27(15-5-4-9-24-12-15)18-7-3-2-6-16(18)22/h2-7,9,11-12H,8,10,13,22H2,1H3,(H2,23,29). The fraction of sp³-hybridized carbons (Fsp3) is 0.190. The van der Waals surface area contributed by atoms with Crippen LogP contribution in [0.5, 0.6) is 0 Å². The largest absolute Gasteiger partial charge is 0.397 e. The van der Waals surface area contributed by atoms with E-state index in [1.54, 1.807) is 40.4 Å². The van der Waals surface area contributed by atoms with Gasteiger partial charge < -0.3 is 20.9 Å². The second-order valence-electron chi connectivity index (χ2n) is 6.98. The van der Waals surface area contributed by atoms with Crippen molar-refractivity contribution in [3.8, 4) is 0 Å². The van der Waals surface area contributed by atoms with Gasteiger partial charge in [-0.05, 0) is 35.9 Å². The molecule has 8 heteroatoms. The fourth-order valence-electron chi connectivity index (χ4n) is 3.75. The van der Waals surface area contributed by atoms with Crippen LogP contribution in [0.15, 0.2) is 54.9 Å². The molecule has 8 nitrogen and oxygen atoms in total. The fourth-order valence-corrected chi connectivity index (χ4v) is 3.75. The van der Waals surface area contributed by atoms with Crippen LogP contribution >= 0.6 is 0 Å². The Morgan fingerprint density at radius 3 is 2.66 bits per heavy atom. The van der Waals surface area contributed by atoms with E-state index in [-0.39, 0.29) is 5.91 Å². The number of anilines is 3. The van der Waals surface area contributed by atoms with Crippen LogP contribution in [-0.2, 0) is 20.0 Å². The molecule has 148 valence electrons. The quantitative estimate of drug-likeness (QED) is 0.669. The number of pyridine rings is 1. The first-order chi connectivity index (χ1) is 14.0. The molecule has 0 spiro atoms. The molecule has 3 heterocycles. The third kappa shape index (κ3) is 3.29. The summed E-state index contributed by atoms with van der Waals surface area (Å²) in [4.78, 5) is 32.5. The number of para-hydroxylation sites is 2. The Hall–Kier alpha value is -3.81. The van der Waals surface area contributed by atoms with Gasteiger partial charge in [0.15, 0.2) is 0 Å². The van der Waals surface area contributed by atoms with Crippen molar-refractivity contribution in [1.82, 2.24) is 14.5 Å². The van der Waals surface area contributed by atoms with E-state index in [0.29, 0.717) is 42.3 Å². The minimum absolute atomic E-state index is 0.224. The first kappa shape index (κ1) is 18.5. The Morgan fingerprint density at radius 2 is 1.97 bits per heavy atom. The van der Waals surface area contributed by atoms with E-state index in [1.165, 1.54) is 0 Å². The van der Waals surface area contributed by atoms with Crippen molar-refractivity contribution < 1.29 is 9.59 Å². The lowest BCUT2D eigenvalue weighted by Gasteiger charge is -2.26. The summed E-state index contributed by atoms with van der Waals surface area (Å²) >= 11 is 0. The molecule has 1 aliphatic rings. The average molecular weight is 390 g/mol. The van der Waals surface area contributed by atoms with E-state index >= 15 is 0 Å². The topological polar surface area (TPSA) is 110 Å². The number of rotatable bonds is 3. The van der Waals surface area contributed by atoms with Gasteiger partial charge in [-0.15, -0.1) is 0 Å². The molecule has 0 unspecified atom stereocenters. The molecule has 0 aliphatic carbocycles. The van der Waals surface area contributed by atoms with Gasteiger partial charge in [-0.25, -0.2) is 4.79 Å². The van der Waals surface area contributed by atoms with Crippen molar-refractivity contribution >= 4 is 29.0 Å². The third-order valence-electron chi connectivity index (χ3n) is 5.24. The SMILES string of the molecule is Cn1c(C(=O)N(c2cccnc2)c2ccccc2N)cc2c1CCN(C(N)=O)C2. The summed E-state index contributed by atoms with van der Waals surface area (Å²) in [5.41, 5.74) is 15.8. The molecule has 3 amide bonds. The predicted octanol–water partition coefficient (Wildman–Crippen LogP) is 2.42. The van der Waals surface area contributed by atoms with Crippen molar-refractivity contribution in [2.75, 3.05) is 17.2 Å². The maximum absolute atomic E-state index is 13.7. The molecule has 3 aromatic rings. The minimum Gasteiger partial charge on any atom is -0.397 e. The van der Waals surface area contributed by atoms with Gasteiger partial charge >= 0.3 is 6.03 Å². The molecular formula is C21H22N6O2. The number of benzene rings is 1. The summed E-state index contributed by atoms with van der Waals surface area (Å²) in [6.07, 6.45) is 3.92. The normalized spacial score (nSPS) is 13.1. The maximum Gasteiger partial charge on any atom is 0.315 e. The summed E-state index contributed by atoms with van der Waals surface area (Å²) in [5.74, 6) is -0.224. The number of nitrogens with zero attached hydrogens (tertiary/aromatic N) is 4. The molecule has 0 saturated carbocycles. The Bertz CT molecular complexity index is 1080. The summed E-state index contributed by atoms with van der Waals surface area (Å²) in [6, 6.07) is 12.2. The molecule has 29 heavy (non-hydrogen) atoms. The van der Waals surface area contributed by atoms with Crippen molar-refractivity contribution in [2.45, 2.75) is 13.0 Å². The molecule has 0 saturated heterocycles. The van der Waals surface area contributed by atoms with E-state index in [2.05, 4.69) is 4.98 Å². The van der Waals surface area contributed by atoms with Crippen LogP contribution in [0.25, 0.3) is 0 Å². The van der Waals surface area contributed by atoms with E-state index in [0.717, 1.165) is 11.3 Å². The van der Waals surface area contributed by atoms with Gasteiger partial charge in [0.25, 0.3) is 5.91 Å². The number of nitrogen functional groups attached to an aromatic ring is 1.